The molecule has 0 bridgehead atoms. The summed E-state index contributed by atoms with van der Waals surface area (Å²) in [5, 5.41) is 5.38. The minimum atomic E-state index is -0.424. The first-order chi connectivity index (χ1) is 14.5. The lowest BCUT2D eigenvalue weighted by Gasteiger charge is -2.23. The van der Waals surface area contributed by atoms with E-state index < -0.39 is 11.8 Å². The third-order valence-electron chi connectivity index (χ3n) is 5.14. The third-order valence-corrected chi connectivity index (χ3v) is 5.14. The highest BCUT2D eigenvalue weighted by atomic mass is 19.1. The maximum absolute atomic E-state index is 13.2. The summed E-state index contributed by atoms with van der Waals surface area (Å²) in [6, 6.07) is 20.5. The van der Waals surface area contributed by atoms with Gasteiger partial charge in [0.2, 0.25) is 0 Å². The second-order valence-corrected chi connectivity index (χ2v) is 7.38. The predicted octanol–water partition coefficient (Wildman–Crippen LogP) is 4.74. The number of fused-ring (bicyclic) bond motifs is 1. The number of halogens is 1. The standard InChI is InChI=1S/C24H22FN3O2/c1-16-12-19-11-10-17(15-26-24(30)27-21-9-5-8-20(25)14-21)13-22(19)28(16)23(29)18-6-3-2-4-7-18/h2-11,13-14,16H,12,15H2,1H3,(H2,26,27,30)/t16-/m0/s1. The van der Waals surface area contributed by atoms with Gasteiger partial charge in [-0.05, 0) is 60.9 Å². The van der Waals surface area contributed by atoms with Gasteiger partial charge in [0.05, 0.1) is 0 Å². The summed E-state index contributed by atoms with van der Waals surface area (Å²) in [4.78, 5) is 27.0. The van der Waals surface area contributed by atoms with E-state index in [1.54, 1.807) is 6.07 Å². The summed E-state index contributed by atoms with van der Waals surface area (Å²) in [5.41, 5.74) is 3.90. The Bertz CT molecular complexity index is 1080. The quantitative estimate of drug-likeness (QED) is 0.661. The van der Waals surface area contributed by atoms with Crippen molar-refractivity contribution in [3.63, 3.8) is 0 Å². The Labute approximate surface area is 174 Å². The zero-order valence-electron chi connectivity index (χ0n) is 16.6. The molecule has 0 aliphatic carbocycles. The molecule has 1 aliphatic rings. The van der Waals surface area contributed by atoms with Crippen LogP contribution in [0.25, 0.3) is 0 Å². The van der Waals surface area contributed by atoms with E-state index in [2.05, 4.69) is 10.6 Å². The number of nitrogens with one attached hydrogen (secondary N) is 2. The molecule has 3 aromatic rings. The monoisotopic (exact) mass is 403 g/mol. The van der Waals surface area contributed by atoms with Crippen LogP contribution in [0.1, 0.15) is 28.4 Å². The minimum absolute atomic E-state index is 0.0317. The van der Waals surface area contributed by atoms with Crippen LogP contribution >= 0.6 is 0 Å². The van der Waals surface area contributed by atoms with E-state index in [1.165, 1.54) is 18.2 Å². The van der Waals surface area contributed by atoms with E-state index in [1.807, 2.05) is 60.4 Å². The molecule has 3 aromatic carbocycles. The number of anilines is 2. The van der Waals surface area contributed by atoms with Crippen molar-refractivity contribution in [2.45, 2.75) is 25.9 Å². The first-order valence-electron chi connectivity index (χ1n) is 9.82. The van der Waals surface area contributed by atoms with Crippen molar-refractivity contribution < 1.29 is 14.0 Å². The van der Waals surface area contributed by atoms with Crippen LogP contribution in [0.4, 0.5) is 20.6 Å². The number of hydrogen-bond acceptors (Lipinski definition) is 2. The number of carbonyl (C=O) groups is 2. The van der Waals surface area contributed by atoms with Crippen LogP contribution in [0.3, 0.4) is 0 Å². The average Bonchev–Trinajstić information content (AvgIpc) is 3.07. The van der Waals surface area contributed by atoms with Crippen molar-refractivity contribution in [3.8, 4) is 0 Å². The topological polar surface area (TPSA) is 61.4 Å². The lowest BCUT2D eigenvalue weighted by Crippen LogP contribution is -2.35. The number of amides is 3. The molecule has 30 heavy (non-hydrogen) atoms. The average molecular weight is 403 g/mol. The summed E-state index contributed by atoms with van der Waals surface area (Å²) in [7, 11) is 0. The van der Waals surface area contributed by atoms with Gasteiger partial charge >= 0.3 is 6.03 Å². The summed E-state index contributed by atoms with van der Waals surface area (Å²) in [5.74, 6) is -0.445. The van der Waals surface area contributed by atoms with Gasteiger partial charge in [-0.3, -0.25) is 4.79 Å². The molecule has 1 aliphatic heterocycles. The third kappa shape index (κ3) is 4.17. The van der Waals surface area contributed by atoms with Crippen LogP contribution < -0.4 is 15.5 Å². The SMILES string of the molecule is C[C@H]1Cc2ccc(CNC(=O)Nc3cccc(F)c3)cc2N1C(=O)c1ccccc1. The van der Waals surface area contributed by atoms with E-state index in [9.17, 15) is 14.0 Å². The van der Waals surface area contributed by atoms with Crippen LogP contribution in [-0.2, 0) is 13.0 Å². The second-order valence-electron chi connectivity index (χ2n) is 7.38. The van der Waals surface area contributed by atoms with Gasteiger partial charge < -0.3 is 15.5 Å². The smallest absolute Gasteiger partial charge is 0.319 e. The fourth-order valence-corrected chi connectivity index (χ4v) is 3.72. The summed E-state index contributed by atoms with van der Waals surface area (Å²) >= 11 is 0. The number of benzene rings is 3. The molecule has 4 rings (SSSR count). The molecule has 0 spiro atoms. The minimum Gasteiger partial charge on any atom is -0.334 e. The lowest BCUT2D eigenvalue weighted by atomic mass is 10.1. The molecule has 0 unspecified atom stereocenters. The highest BCUT2D eigenvalue weighted by molar-refractivity contribution is 6.07. The van der Waals surface area contributed by atoms with Gasteiger partial charge in [0, 0.05) is 29.5 Å². The fraction of sp³-hybridized carbons (Fsp3) is 0.167. The van der Waals surface area contributed by atoms with Crippen molar-refractivity contribution in [1.29, 1.82) is 0 Å². The summed E-state index contributed by atoms with van der Waals surface area (Å²) < 4.78 is 13.2. The van der Waals surface area contributed by atoms with Crippen LogP contribution in [0.2, 0.25) is 0 Å². The van der Waals surface area contributed by atoms with E-state index in [0.29, 0.717) is 11.3 Å². The van der Waals surface area contributed by atoms with E-state index in [-0.39, 0.29) is 18.5 Å². The molecule has 0 fully saturated rings. The van der Waals surface area contributed by atoms with Gasteiger partial charge in [0.15, 0.2) is 0 Å². The van der Waals surface area contributed by atoms with Gasteiger partial charge in [-0.1, -0.05) is 36.4 Å². The van der Waals surface area contributed by atoms with Gasteiger partial charge in [0.1, 0.15) is 5.82 Å². The molecule has 0 radical (unpaired) electrons. The van der Waals surface area contributed by atoms with Crippen LogP contribution in [0, 0.1) is 5.82 Å². The molecule has 2 N–H and O–H groups in total. The molecule has 0 saturated heterocycles. The van der Waals surface area contributed by atoms with Crippen molar-refractivity contribution >= 4 is 23.3 Å². The van der Waals surface area contributed by atoms with E-state index >= 15 is 0 Å². The first kappa shape index (κ1) is 19.6. The number of carbonyl (C=O) groups excluding carboxylic acids is 2. The Hall–Kier alpha value is -3.67. The van der Waals surface area contributed by atoms with Crippen LogP contribution in [0.5, 0.6) is 0 Å². The Morgan fingerprint density at radius 1 is 1.03 bits per heavy atom. The van der Waals surface area contributed by atoms with Gasteiger partial charge in [-0.25, -0.2) is 9.18 Å². The van der Waals surface area contributed by atoms with Crippen molar-refractivity contribution in [2.24, 2.45) is 0 Å². The number of hydrogen-bond donors (Lipinski definition) is 2. The molecule has 1 heterocycles. The largest absolute Gasteiger partial charge is 0.334 e. The zero-order valence-corrected chi connectivity index (χ0v) is 16.6. The molecule has 5 nitrogen and oxygen atoms in total. The van der Waals surface area contributed by atoms with Crippen LogP contribution in [0.15, 0.2) is 72.8 Å². The number of rotatable bonds is 4. The first-order valence-corrected chi connectivity index (χ1v) is 9.82. The van der Waals surface area contributed by atoms with Gasteiger partial charge in [-0.2, -0.15) is 0 Å². The highest BCUT2D eigenvalue weighted by Gasteiger charge is 2.31. The summed E-state index contributed by atoms with van der Waals surface area (Å²) in [6.45, 7) is 2.32. The Morgan fingerprint density at radius 3 is 2.60 bits per heavy atom. The van der Waals surface area contributed by atoms with Crippen LogP contribution in [-0.4, -0.2) is 18.0 Å². The molecule has 6 heteroatoms. The maximum atomic E-state index is 13.2. The highest BCUT2D eigenvalue weighted by Crippen LogP contribution is 2.34. The maximum Gasteiger partial charge on any atom is 0.319 e. The van der Waals surface area contributed by atoms with E-state index in [0.717, 1.165) is 23.2 Å². The second kappa shape index (κ2) is 8.37. The Balaban J connectivity index is 1.46. The molecular formula is C24H22FN3O2. The predicted molar refractivity (Wildman–Crippen MR) is 115 cm³/mol. The molecule has 152 valence electrons. The molecular weight excluding hydrogens is 381 g/mol. The van der Waals surface area contributed by atoms with Gasteiger partial charge in [-0.15, -0.1) is 0 Å². The van der Waals surface area contributed by atoms with E-state index in [4.69, 9.17) is 0 Å². The normalized spacial score (nSPS) is 14.9. The lowest BCUT2D eigenvalue weighted by molar-refractivity contribution is 0.0981. The molecule has 0 saturated carbocycles. The molecule has 1 atom stereocenters. The van der Waals surface area contributed by atoms with Crippen molar-refractivity contribution in [3.05, 3.63) is 95.3 Å². The number of nitrogens with zero attached hydrogens (tertiary/aromatic N) is 1. The summed E-state index contributed by atoms with van der Waals surface area (Å²) in [6.07, 6.45) is 0.793. The fourth-order valence-electron chi connectivity index (χ4n) is 3.72. The zero-order chi connectivity index (χ0) is 21.1. The van der Waals surface area contributed by atoms with Crippen molar-refractivity contribution in [2.75, 3.05) is 10.2 Å². The Morgan fingerprint density at radius 2 is 1.83 bits per heavy atom. The molecule has 0 aromatic heterocycles. The number of urea groups is 1. The molecule has 3 amide bonds. The Kier molecular flexibility index (Phi) is 5.48. The van der Waals surface area contributed by atoms with Gasteiger partial charge in [0.25, 0.3) is 5.91 Å². The van der Waals surface area contributed by atoms with Crippen molar-refractivity contribution in [1.82, 2.24) is 5.32 Å².